The minimum atomic E-state index is -1.86. The van der Waals surface area contributed by atoms with E-state index in [0.29, 0.717) is 0 Å². The van der Waals surface area contributed by atoms with Crippen LogP contribution in [-0.4, -0.2) is 39.4 Å². The first-order valence-corrected chi connectivity index (χ1v) is 5.79. The summed E-state index contributed by atoms with van der Waals surface area (Å²) in [7, 11) is 0. The quantitative estimate of drug-likeness (QED) is 0.578. The molecular formula is C14H8O8. The predicted molar refractivity (Wildman–Crippen MR) is 71.3 cm³/mol. The molecule has 3 N–H and O–H groups in total. The summed E-state index contributed by atoms with van der Waals surface area (Å²) < 4.78 is 3.96. The molecule has 8 heteroatoms. The smallest absolute Gasteiger partial charge is 0.478 e. The van der Waals surface area contributed by atoms with E-state index in [4.69, 9.17) is 10.2 Å². The number of aromatic carboxylic acids is 2. The van der Waals surface area contributed by atoms with Gasteiger partial charge in [0.05, 0.1) is 16.7 Å². The fourth-order valence-electron chi connectivity index (χ4n) is 2.00. The fourth-order valence-corrected chi connectivity index (χ4v) is 2.00. The van der Waals surface area contributed by atoms with Crippen LogP contribution in [0.2, 0.25) is 0 Å². The number of carbonyl (C=O) groups is 4. The maximum Gasteiger partial charge on any atom is 0.513 e. The Morgan fingerprint density at radius 1 is 0.864 bits per heavy atom. The lowest BCUT2D eigenvalue weighted by Gasteiger charge is -2.08. The third kappa shape index (κ3) is 2.70. The van der Waals surface area contributed by atoms with E-state index in [9.17, 15) is 24.3 Å². The molecule has 8 nitrogen and oxygen atoms in total. The Morgan fingerprint density at radius 2 is 1.55 bits per heavy atom. The van der Waals surface area contributed by atoms with Crippen molar-refractivity contribution in [3.05, 3.63) is 47.0 Å². The highest BCUT2D eigenvalue weighted by molar-refractivity contribution is 6.13. The van der Waals surface area contributed by atoms with Crippen molar-refractivity contribution in [2.75, 3.05) is 0 Å². The Hall–Kier alpha value is -3.42. The molecule has 2 aromatic rings. The average molecular weight is 304 g/mol. The van der Waals surface area contributed by atoms with Crippen molar-refractivity contribution in [3.63, 3.8) is 0 Å². The highest BCUT2D eigenvalue weighted by Crippen LogP contribution is 2.25. The van der Waals surface area contributed by atoms with Gasteiger partial charge in [-0.05, 0) is 29.0 Å². The molecule has 0 aliphatic rings. The number of hydrogen-bond acceptors (Lipinski definition) is 5. The number of fused-ring (bicyclic) bond motifs is 1. The van der Waals surface area contributed by atoms with Crippen LogP contribution in [0.4, 0.5) is 4.79 Å². The van der Waals surface area contributed by atoms with Gasteiger partial charge < -0.3 is 20.1 Å². The van der Waals surface area contributed by atoms with Gasteiger partial charge in [0, 0.05) is 0 Å². The van der Waals surface area contributed by atoms with Crippen molar-refractivity contribution in [2.24, 2.45) is 0 Å². The van der Waals surface area contributed by atoms with Gasteiger partial charge in [-0.25, -0.2) is 19.2 Å². The van der Waals surface area contributed by atoms with Gasteiger partial charge in [0.15, 0.2) is 0 Å². The zero-order chi connectivity index (χ0) is 16.4. The fraction of sp³-hybridized carbons (Fsp3) is 0. The lowest BCUT2D eigenvalue weighted by atomic mass is 9.97. The van der Waals surface area contributed by atoms with Crippen LogP contribution in [0.15, 0.2) is 30.3 Å². The van der Waals surface area contributed by atoms with E-state index in [0.717, 1.165) is 6.07 Å². The molecule has 0 spiro atoms. The Morgan fingerprint density at radius 3 is 2.09 bits per heavy atom. The van der Waals surface area contributed by atoms with Crippen LogP contribution in [-0.2, 0) is 4.74 Å². The molecule has 112 valence electrons. The molecular weight excluding hydrogens is 296 g/mol. The predicted octanol–water partition coefficient (Wildman–Crippen LogP) is 2.07. The van der Waals surface area contributed by atoms with Gasteiger partial charge in [0.2, 0.25) is 0 Å². The number of benzene rings is 2. The van der Waals surface area contributed by atoms with Crippen molar-refractivity contribution in [2.45, 2.75) is 0 Å². The normalized spacial score (nSPS) is 10.2. The SMILES string of the molecule is O=C(O)OC(=O)c1ccc2cc(C(=O)O)ccc2c1C(=O)O. The molecule has 0 heterocycles. The van der Waals surface area contributed by atoms with Crippen molar-refractivity contribution in [1.29, 1.82) is 0 Å². The minimum Gasteiger partial charge on any atom is -0.478 e. The van der Waals surface area contributed by atoms with Crippen LogP contribution in [0, 0.1) is 0 Å². The second-order valence-electron chi connectivity index (χ2n) is 4.19. The van der Waals surface area contributed by atoms with Crippen molar-refractivity contribution in [1.82, 2.24) is 0 Å². The largest absolute Gasteiger partial charge is 0.513 e. The van der Waals surface area contributed by atoms with Crippen molar-refractivity contribution < 1.29 is 39.2 Å². The number of carbonyl (C=O) groups excluding carboxylic acids is 1. The van der Waals surface area contributed by atoms with Crippen molar-refractivity contribution >= 4 is 34.8 Å². The maximum absolute atomic E-state index is 11.6. The highest BCUT2D eigenvalue weighted by Gasteiger charge is 2.23. The van der Waals surface area contributed by atoms with Crippen LogP contribution < -0.4 is 0 Å². The van der Waals surface area contributed by atoms with Gasteiger partial charge in [-0.15, -0.1) is 0 Å². The first-order valence-electron chi connectivity index (χ1n) is 5.79. The highest BCUT2D eigenvalue weighted by atomic mass is 16.7. The van der Waals surface area contributed by atoms with Gasteiger partial charge in [-0.1, -0.05) is 12.1 Å². The van der Waals surface area contributed by atoms with Gasteiger partial charge >= 0.3 is 24.1 Å². The third-order valence-electron chi connectivity index (χ3n) is 2.88. The number of hydrogen-bond donors (Lipinski definition) is 3. The molecule has 0 saturated heterocycles. The summed E-state index contributed by atoms with van der Waals surface area (Å²) in [6.07, 6.45) is -1.86. The first kappa shape index (κ1) is 15.0. The summed E-state index contributed by atoms with van der Waals surface area (Å²) >= 11 is 0. The lowest BCUT2D eigenvalue weighted by molar-refractivity contribution is 0.0497. The minimum absolute atomic E-state index is 0.0512. The Bertz CT molecular complexity index is 821. The van der Waals surface area contributed by atoms with E-state index in [2.05, 4.69) is 4.74 Å². The Labute approximate surface area is 122 Å². The Kier molecular flexibility index (Phi) is 3.76. The number of rotatable bonds is 3. The van der Waals surface area contributed by atoms with E-state index in [1.165, 1.54) is 24.3 Å². The Balaban J connectivity index is 2.70. The molecule has 0 atom stereocenters. The van der Waals surface area contributed by atoms with Crippen LogP contribution in [0.1, 0.15) is 31.1 Å². The van der Waals surface area contributed by atoms with Gasteiger partial charge in [0.25, 0.3) is 0 Å². The summed E-state index contributed by atoms with van der Waals surface area (Å²) in [5, 5.41) is 27.0. The molecule has 0 saturated carbocycles. The van der Waals surface area contributed by atoms with Crippen LogP contribution >= 0.6 is 0 Å². The van der Waals surface area contributed by atoms with E-state index < -0.39 is 35.2 Å². The van der Waals surface area contributed by atoms with E-state index in [-0.39, 0.29) is 16.3 Å². The molecule has 0 amide bonds. The second kappa shape index (κ2) is 5.52. The van der Waals surface area contributed by atoms with E-state index >= 15 is 0 Å². The average Bonchev–Trinajstić information content (AvgIpc) is 2.44. The molecule has 0 aromatic heterocycles. The molecule has 0 aliphatic heterocycles. The molecule has 0 fully saturated rings. The van der Waals surface area contributed by atoms with Gasteiger partial charge in [0.1, 0.15) is 0 Å². The summed E-state index contributed by atoms with van der Waals surface area (Å²) in [5.74, 6) is -3.98. The van der Waals surface area contributed by atoms with Crippen LogP contribution in [0.5, 0.6) is 0 Å². The van der Waals surface area contributed by atoms with E-state index in [1.807, 2.05) is 0 Å². The third-order valence-corrected chi connectivity index (χ3v) is 2.88. The van der Waals surface area contributed by atoms with E-state index in [1.54, 1.807) is 0 Å². The van der Waals surface area contributed by atoms with Gasteiger partial charge in [-0.3, -0.25) is 0 Å². The summed E-state index contributed by atoms with van der Waals surface area (Å²) in [4.78, 5) is 44.3. The first-order chi connectivity index (χ1) is 10.3. The van der Waals surface area contributed by atoms with Gasteiger partial charge in [-0.2, -0.15) is 0 Å². The van der Waals surface area contributed by atoms with Crippen LogP contribution in [0.3, 0.4) is 0 Å². The van der Waals surface area contributed by atoms with Crippen LogP contribution in [0.25, 0.3) is 10.8 Å². The molecule has 0 radical (unpaired) electrons. The monoisotopic (exact) mass is 304 g/mol. The summed E-state index contributed by atoms with van der Waals surface area (Å²) in [5.41, 5.74) is -0.948. The van der Waals surface area contributed by atoms with Crippen molar-refractivity contribution in [3.8, 4) is 0 Å². The second-order valence-corrected chi connectivity index (χ2v) is 4.19. The zero-order valence-corrected chi connectivity index (χ0v) is 10.8. The summed E-state index contributed by atoms with van der Waals surface area (Å²) in [6.45, 7) is 0. The lowest BCUT2D eigenvalue weighted by Crippen LogP contribution is -2.15. The number of carboxylic acids is 2. The molecule has 2 rings (SSSR count). The zero-order valence-electron chi connectivity index (χ0n) is 10.8. The molecule has 2 aromatic carbocycles. The number of ether oxygens (including phenoxy) is 1. The molecule has 0 unspecified atom stereocenters. The molecule has 22 heavy (non-hydrogen) atoms. The topological polar surface area (TPSA) is 138 Å². The maximum atomic E-state index is 11.6. The number of carboxylic acid groups (broad SMARTS) is 3. The standard InChI is InChI=1S/C14H8O8/c15-11(16)7-2-3-8-6(5-7)1-4-9(10(8)12(17)18)13(19)22-14(20)21/h1-5H,(H,15,16)(H,17,18)(H,20,21). The molecule has 0 bridgehead atoms. The molecule has 0 aliphatic carbocycles. The summed E-state index contributed by atoms with van der Waals surface area (Å²) in [6, 6.07) is 6.05. The number of esters is 1.